The van der Waals surface area contributed by atoms with Crippen LogP contribution in [0.4, 0.5) is 0 Å². The van der Waals surface area contributed by atoms with Gasteiger partial charge in [0.15, 0.2) is 11.6 Å². The number of esters is 1. The fraction of sp³-hybridized carbons (Fsp3) is 0.750. The molecular formula is C32H46O8. The lowest BCUT2D eigenvalue weighted by atomic mass is 9.38. The van der Waals surface area contributed by atoms with Crippen LogP contribution in [-0.4, -0.2) is 62.0 Å². The fourth-order valence-electron chi connectivity index (χ4n) is 9.40. The SMILES string of the molecule is CC(=O)OC(C)(C)/C=C/C(=O)C(C)(O)C1C(O)C[C@@]2(C)[C@@H]3CC=C4[C@H](CC(O)C(=O)C4(C)C)[C@@]3(C)C(=O)C[C@]12C. The Kier molecular flexibility index (Phi) is 7.06. The van der Waals surface area contributed by atoms with Crippen LogP contribution in [0.25, 0.3) is 0 Å². The standard InChI is InChI=1S/C32H46O8/c1-17(33)40-27(2,3)13-12-23(36)32(9,39)25-21(35)15-29(6)22-11-10-18-19(14-20(34)26(38)28(18,4)5)31(22,8)24(37)16-30(25,29)7/h10,12-13,19-22,25,34-35,39H,11,14-16H2,1-9H3/b13-12+/t19-,20?,21?,22-,25?,29-,30+,31+,32?/m0/s1. The molecule has 4 rings (SSSR count). The Balaban J connectivity index is 1.75. The minimum absolute atomic E-state index is 0.0284. The molecule has 0 spiro atoms. The van der Waals surface area contributed by atoms with Crippen molar-refractivity contribution in [3.05, 3.63) is 23.8 Å². The van der Waals surface area contributed by atoms with Gasteiger partial charge in [-0.1, -0.05) is 32.4 Å². The lowest BCUT2D eigenvalue weighted by Gasteiger charge is -2.64. The highest BCUT2D eigenvalue weighted by Crippen LogP contribution is 2.74. The Morgan fingerprint density at radius 2 is 1.65 bits per heavy atom. The van der Waals surface area contributed by atoms with E-state index in [9.17, 15) is 34.5 Å². The Bertz CT molecular complexity index is 1210. The van der Waals surface area contributed by atoms with Crippen molar-refractivity contribution in [2.45, 2.75) is 111 Å². The van der Waals surface area contributed by atoms with Gasteiger partial charge in [-0.15, -0.1) is 0 Å². The third kappa shape index (κ3) is 4.11. The topological polar surface area (TPSA) is 138 Å². The van der Waals surface area contributed by atoms with Gasteiger partial charge in [0, 0.05) is 30.1 Å². The maximum atomic E-state index is 14.3. The number of Topliss-reactive ketones (excluding diaryl/α,β-unsaturated/α-hetero) is 2. The van der Waals surface area contributed by atoms with Crippen LogP contribution in [0.15, 0.2) is 23.8 Å². The smallest absolute Gasteiger partial charge is 0.303 e. The largest absolute Gasteiger partial charge is 0.456 e. The Labute approximate surface area is 237 Å². The van der Waals surface area contributed by atoms with Crippen LogP contribution in [0.3, 0.4) is 0 Å². The minimum Gasteiger partial charge on any atom is -0.456 e. The summed E-state index contributed by atoms with van der Waals surface area (Å²) in [4.78, 5) is 52.1. The van der Waals surface area contributed by atoms with Crippen molar-refractivity contribution in [2.24, 2.45) is 39.4 Å². The van der Waals surface area contributed by atoms with Gasteiger partial charge in [0.1, 0.15) is 23.1 Å². The molecule has 0 aromatic rings. The molecule has 4 aliphatic carbocycles. The number of aliphatic hydroxyl groups is 3. The second-order valence-corrected chi connectivity index (χ2v) is 14.8. The monoisotopic (exact) mass is 558 g/mol. The first-order valence-electron chi connectivity index (χ1n) is 14.4. The fourth-order valence-corrected chi connectivity index (χ4v) is 9.40. The van der Waals surface area contributed by atoms with Gasteiger partial charge in [0.25, 0.3) is 0 Å². The number of hydrogen-bond donors (Lipinski definition) is 3. The molecule has 0 radical (unpaired) electrons. The van der Waals surface area contributed by atoms with E-state index >= 15 is 0 Å². The van der Waals surface area contributed by atoms with Gasteiger partial charge in [0.05, 0.1) is 6.10 Å². The van der Waals surface area contributed by atoms with Crippen molar-refractivity contribution in [2.75, 3.05) is 0 Å². The van der Waals surface area contributed by atoms with E-state index in [2.05, 4.69) is 13.0 Å². The van der Waals surface area contributed by atoms with Gasteiger partial charge < -0.3 is 20.1 Å². The quantitative estimate of drug-likeness (QED) is 0.265. The van der Waals surface area contributed by atoms with Crippen molar-refractivity contribution in [3.8, 4) is 0 Å². The van der Waals surface area contributed by atoms with Gasteiger partial charge in [-0.2, -0.15) is 0 Å². The molecular weight excluding hydrogens is 512 g/mol. The van der Waals surface area contributed by atoms with Crippen LogP contribution in [-0.2, 0) is 23.9 Å². The van der Waals surface area contributed by atoms with E-state index in [0.29, 0.717) is 12.8 Å². The summed E-state index contributed by atoms with van der Waals surface area (Å²) in [7, 11) is 0. The molecule has 222 valence electrons. The molecule has 0 saturated heterocycles. The molecule has 4 aliphatic rings. The summed E-state index contributed by atoms with van der Waals surface area (Å²) < 4.78 is 5.23. The molecule has 0 bridgehead atoms. The molecule has 0 heterocycles. The maximum absolute atomic E-state index is 14.3. The highest BCUT2D eigenvalue weighted by Gasteiger charge is 2.74. The van der Waals surface area contributed by atoms with Crippen LogP contribution in [0.5, 0.6) is 0 Å². The van der Waals surface area contributed by atoms with Crippen molar-refractivity contribution in [1.82, 2.24) is 0 Å². The number of fused-ring (bicyclic) bond motifs is 5. The molecule has 3 fully saturated rings. The normalized spacial score (nSPS) is 42.4. The van der Waals surface area contributed by atoms with Gasteiger partial charge in [-0.3, -0.25) is 19.2 Å². The highest BCUT2D eigenvalue weighted by molar-refractivity contribution is 5.98. The van der Waals surface area contributed by atoms with Crippen LogP contribution in [0.2, 0.25) is 0 Å². The van der Waals surface area contributed by atoms with Gasteiger partial charge in [0.2, 0.25) is 0 Å². The molecule has 3 saturated carbocycles. The highest BCUT2D eigenvalue weighted by atomic mass is 16.6. The Morgan fingerprint density at radius 1 is 1.05 bits per heavy atom. The lowest BCUT2D eigenvalue weighted by molar-refractivity contribution is -0.183. The first-order valence-corrected chi connectivity index (χ1v) is 14.4. The van der Waals surface area contributed by atoms with Crippen LogP contribution in [0, 0.1) is 39.4 Å². The maximum Gasteiger partial charge on any atom is 0.303 e. The van der Waals surface area contributed by atoms with E-state index in [4.69, 9.17) is 4.74 Å². The molecule has 0 aromatic carbocycles. The summed E-state index contributed by atoms with van der Waals surface area (Å²) >= 11 is 0. The molecule has 0 aromatic heterocycles. The zero-order valence-electron chi connectivity index (χ0n) is 25.3. The third-order valence-electron chi connectivity index (χ3n) is 11.5. The van der Waals surface area contributed by atoms with Crippen LogP contribution in [0.1, 0.15) is 88.0 Å². The van der Waals surface area contributed by atoms with Crippen LogP contribution >= 0.6 is 0 Å². The second-order valence-electron chi connectivity index (χ2n) is 14.8. The Hall–Kier alpha value is -2.16. The van der Waals surface area contributed by atoms with Crippen molar-refractivity contribution >= 4 is 23.3 Å². The second kappa shape index (κ2) is 9.17. The lowest BCUT2D eigenvalue weighted by Crippen LogP contribution is -2.65. The summed E-state index contributed by atoms with van der Waals surface area (Å²) in [5.74, 6) is -2.85. The third-order valence-corrected chi connectivity index (χ3v) is 11.5. The van der Waals surface area contributed by atoms with Crippen LogP contribution < -0.4 is 0 Å². The number of rotatable bonds is 5. The van der Waals surface area contributed by atoms with Crippen molar-refractivity contribution < 1.29 is 39.2 Å². The van der Waals surface area contributed by atoms with E-state index in [1.54, 1.807) is 13.8 Å². The molecule has 0 amide bonds. The number of allylic oxidation sites excluding steroid dienone is 2. The molecule has 9 atom stereocenters. The average molecular weight is 559 g/mol. The number of aliphatic hydroxyl groups excluding tert-OH is 2. The van der Waals surface area contributed by atoms with E-state index in [-0.39, 0.29) is 36.2 Å². The summed E-state index contributed by atoms with van der Waals surface area (Å²) in [6, 6.07) is 0. The number of ether oxygens (including phenoxy) is 1. The molecule has 4 unspecified atom stereocenters. The summed E-state index contributed by atoms with van der Waals surface area (Å²) in [6.45, 7) is 15.4. The first-order chi connectivity index (χ1) is 18.1. The zero-order chi connectivity index (χ0) is 30.4. The van der Waals surface area contributed by atoms with E-state index < -0.39 is 62.7 Å². The predicted octanol–water partition coefficient (Wildman–Crippen LogP) is 3.50. The predicted molar refractivity (Wildman–Crippen MR) is 148 cm³/mol. The average Bonchev–Trinajstić information content (AvgIpc) is 3.01. The summed E-state index contributed by atoms with van der Waals surface area (Å²) in [5, 5.41) is 34.0. The Morgan fingerprint density at radius 3 is 2.23 bits per heavy atom. The number of carbonyl (C=O) groups is 4. The van der Waals surface area contributed by atoms with Gasteiger partial charge >= 0.3 is 5.97 Å². The molecule has 0 aliphatic heterocycles. The van der Waals surface area contributed by atoms with Crippen molar-refractivity contribution in [1.29, 1.82) is 0 Å². The first kappa shape index (κ1) is 30.8. The van der Waals surface area contributed by atoms with E-state index in [1.165, 1.54) is 26.0 Å². The molecule has 3 N–H and O–H groups in total. The van der Waals surface area contributed by atoms with Gasteiger partial charge in [-0.05, 0) is 88.7 Å². The van der Waals surface area contributed by atoms with E-state index in [1.807, 2.05) is 27.7 Å². The van der Waals surface area contributed by atoms with Crippen molar-refractivity contribution in [3.63, 3.8) is 0 Å². The van der Waals surface area contributed by atoms with Gasteiger partial charge in [-0.25, -0.2) is 0 Å². The molecule has 40 heavy (non-hydrogen) atoms. The summed E-state index contributed by atoms with van der Waals surface area (Å²) in [6.07, 6.45) is 3.55. The zero-order valence-corrected chi connectivity index (χ0v) is 25.3. The number of hydrogen-bond acceptors (Lipinski definition) is 8. The minimum atomic E-state index is -1.99. The number of ketones is 3. The molecule has 8 heteroatoms. The molecule has 8 nitrogen and oxygen atoms in total. The number of carbonyl (C=O) groups excluding carboxylic acids is 4. The summed E-state index contributed by atoms with van der Waals surface area (Å²) in [5.41, 5.74) is -5.43. The van der Waals surface area contributed by atoms with E-state index in [0.717, 1.165) is 5.57 Å².